The second-order valence-corrected chi connectivity index (χ2v) is 5.53. The van der Waals surface area contributed by atoms with Gasteiger partial charge in [0.15, 0.2) is 18.1 Å². The molecule has 1 amide bonds. The number of nitrogens with one attached hydrogen (secondary N) is 1. The van der Waals surface area contributed by atoms with Gasteiger partial charge in [0.25, 0.3) is 5.91 Å². The second-order valence-electron chi connectivity index (χ2n) is 5.12. The molecule has 0 atom stereocenters. The van der Waals surface area contributed by atoms with Crippen LogP contribution in [0.25, 0.3) is 0 Å². The third kappa shape index (κ3) is 5.39. The maximum absolute atomic E-state index is 11.7. The zero-order chi connectivity index (χ0) is 18.2. The predicted octanol–water partition coefficient (Wildman–Crippen LogP) is 3.28. The standard InChI is InChI=1S/C18H19ClN2O4/c1-3-24-16-6-4-5-13(18(16)23)10-20-21-17(22)11-25-14-7-8-15(19)12(2)9-14/h4-10,23H,3,11H2,1-2H3,(H,21,22). The zero-order valence-corrected chi connectivity index (χ0v) is 14.7. The van der Waals surface area contributed by atoms with Crippen LogP contribution in [0.4, 0.5) is 0 Å². The maximum Gasteiger partial charge on any atom is 0.277 e. The van der Waals surface area contributed by atoms with Gasteiger partial charge in [0.2, 0.25) is 0 Å². The van der Waals surface area contributed by atoms with E-state index in [-0.39, 0.29) is 12.4 Å². The van der Waals surface area contributed by atoms with Crippen LogP contribution < -0.4 is 14.9 Å². The number of ether oxygens (including phenoxy) is 2. The number of nitrogens with zero attached hydrogens (tertiary/aromatic N) is 1. The molecule has 0 heterocycles. The van der Waals surface area contributed by atoms with Crippen LogP contribution in [-0.4, -0.2) is 30.4 Å². The summed E-state index contributed by atoms with van der Waals surface area (Å²) in [4.78, 5) is 11.7. The van der Waals surface area contributed by atoms with E-state index in [2.05, 4.69) is 10.5 Å². The summed E-state index contributed by atoms with van der Waals surface area (Å²) in [6.45, 7) is 3.92. The molecule has 2 rings (SSSR count). The lowest BCUT2D eigenvalue weighted by Gasteiger charge is -2.08. The van der Waals surface area contributed by atoms with Crippen LogP contribution in [0.15, 0.2) is 41.5 Å². The number of rotatable bonds is 7. The number of phenolic OH excluding ortho intramolecular Hbond substituents is 1. The normalized spacial score (nSPS) is 10.7. The highest BCUT2D eigenvalue weighted by atomic mass is 35.5. The molecular formula is C18H19ClN2O4. The average molecular weight is 363 g/mol. The number of para-hydroxylation sites is 1. The van der Waals surface area contributed by atoms with E-state index in [1.807, 2.05) is 13.8 Å². The van der Waals surface area contributed by atoms with Crippen molar-refractivity contribution in [2.75, 3.05) is 13.2 Å². The Balaban J connectivity index is 1.88. The minimum atomic E-state index is -0.427. The van der Waals surface area contributed by atoms with Crippen molar-refractivity contribution in [3.05, 3.63) is 52.5 Å². The molecule has 0 aliphatic carbocycles. The van der Waals surface area contributed by atoms with Gasteiger partial charge in [0, 0.05) is 10.6 Å². The molecule has 0 saturated carbocycles. The molecule has 0 saturated heterocycles. The van der Waals surface area contributed by atoms with E-state index in [4.69, 9.17) is 21.1 Å². The average Bonchev–Trinajstić information content (AvgIpc) is 2.59. The maximum atomic E-state index is 11.7. The number of hydrazone groups is 1. The van der Waals surface area contributed by atoms with Gasteiger partial charge in [-0.05, 0) is 49.7 Å². The third-order valence-electron chi connectivity index (χ3n) is 3.22. The fourth-order valence-electron chi connectivity index (χ4n) is 1.98. The van der Waals surface area contributed by atoms with Crippen molar-refractivity contribution in [3.8, 4) is 17.2 Å². The molecule has 7 heteroatoms. The summed E-state index contributed by atoms with van der Waals surface area (Å²) in [6.07, 6.45) is 1.34. The van der Waals surface area contributed by atoms with Crippen molar-refractivity contribution >= 4 is 23.7 Å². The molecule has 0 aromatic heterocycles. The van der Waals surface area contributed by atoms with Crippen LogP contribution in [0.2, 0.25) is 5.02 Å². The zero-order valence-electron chi connectivity index (χ0n) is 14.0. The summed E-state index contributed by atoms with van der Waals surface area (Å²) in [6, 6.07) is 10.2. The summed E-state index contributed by atoms with van der Waals surface area (Å²) >= 11 is 5.93. The van der Waals surface area contributed by atoms with Gasteiger partial charge in [-0.15, -0.1) is 0 Å². The van der Waals surface area contributed by atoms with Gasteiger partial charge in [-0.2, -0.15) is 5.10 Å². The lowest BCUT2D eigenvalue weighted by atomic mass is 10.2. The molecule has 0 spiro atoms. The molecular weight excluding hydrogens is 344 g/mol. The van der Waals surface area contributed by atoms with E-state index in [1.54, 1.807) is 36.4 Å². The van der Waals surface area contributed by atoms with Crippen molar-refractivity contribution in [1.29, 1.82) is 0 Å². The van der Waals surface area contributed by atoms with Crippen molar-refractivity contribution in [1.82, 2.24) is 5.43 Å². The Labute approximate surface area is 151 Å². The fraction of sp³-hybridized carbons (Fsp3) is 0.222. The highest BCUT2D eigenvalue weighted by Gasteiger charge is 2.06. The Hall–Kier alpha value is -2.73. The van der Waals surface area contributed by atoms with Gasteiger partial charge in [-0.1, -0.05) is 17.7 Å². The first-order valence-electron chi connectivity index (χ1n) is 7.67. The van der Waals surface area contributed by atoms with Crippen LogP contribution in [0, 0.1) is 6.92 Å². The molecule has 0 bridgehead atoms. The van der Waals surface area contributed by atoms with Crippen LogP contribution in [0.5, 0.6) is 17.2 Å². The first kappa shape index (κ1) is 18.6. The second kappa shape index (κ2) is 8.94. The van der Waals surface area contributed by atoms with Gasteiger partial charge < -0.3 is 14.6 Å². The highest BCUT2D eigenvalue weighted by Crippen LogP contribution is 2.28. The van der Waals surface area contributed by atoms with Gasteiger partial charge in [0.1, 0.15) is 5.75 Å². The minimum absolute atomic E-state index is 0.0322. The van der Waals surface area contributed by atoms with Crippen molar-refractivity contribution in [2.45, 2.75) is 13.8 Å². The number of carbonyl (C=O) groups excluding carboxylic acids is 1. The molecule has 132 valence electrons. The largest absolute Gasteiger partial charge is 0.504 e. The predicted molar refractivity (Wildman–Crippen MR) is 96.7 cm³/mol. The molecule has 0 aliphatic rings. The molecule has 0 fully saturated rings. The first-order valence-corrected chi connectivity index (χ1v) is 8.04. The SMILES string of the molecule is CCOc1cccc(C=NNC(=O)COc2ccc(Cl)c(C)c2)c1O. The highest BCUT2D eigenvalue weighted by molar-refractivity contribution is 6.31. The summed E-state index contributed by atoms with van der Waals surface area (Å²) < 4.78 is 10.6. The van der Waals surface area contributed by atoms with E-state index in [9.17, 15) is 9.90 Å². The molecule has 6 nitrogen and oxygen atoms in total. The monoisotopic (exact) mass is 362 g/mol. The number of aromatic hydroxyl groups is 1. The number of hydrogen-bond acceptors (Lipinski definition) is 5. The smallest absolute Gasteiger partial charge is 0.277 e. The van der Waals surface area contributed by atoms with Gasteiger partial charge in [-0.25, -0.2) is 5.43 Å². The Morgan fingerprint density at radius 1 is 1.32 bits per heavy atom. The molecule has 25 heavy (non-hydrogen) atoms. The van der Waals surface area contributed by atoms with Crippen LogP contribution >= 0.6 is 11.6 Å². The van der Waals surface area contributed by atoms with Crippen LogP contribution in [0.1, 0.15) is 18.1 Å². The molecule has 2 aromatic rings. The molecule has 0 unspecified atom stereocenters. The number of halogens is 1. The molecule has 0 radical (unpaired) electrons. The summed E-state index contributed by atoms with van der Waals surface area (Å²) in [5, 5.41) is 14.5. The molecule has 0 aliphatic heterocycles. The van der Waals surface area contributed by atoms with E-state index in [1.165, 1.54) is 6.21 Å². The number of phenols is 1. The summed E-state index contributed by atoms with van der Waals surface area (Å²) in [5.41, 5.74) is 3.63. The topological polar surface area (TPSA) is 80.2 Å². The lowest BCUT2D eigenvalue weighted by Crippen LogP contribution is -2.24. The van der Waals surface area contributed by atoms with E-state index in [0.29, 0.717) is 28.7 Å². The Morgan fingerprint density at radius 2 is 2.12 bits per heavy atom. The Kier molecular flexibility index (Phi) is 6.65. The number of benzene rings is 2. The number of aryl methyl sites for hydroxylation is 1. The van der Waals surface area contributed by atoms with E-state index >= 15 is 0 Å². The number of hydrogen-bond donors (Lipinski definition) is 2. The van der Waals surface area contributed by atoms with Gasteiger partial charge in [-0.3, -0.25) is 4.79 Å². The lowest BCUT2D eigenvalue weighted by molar-refractivity contribution is -0.123. The van der Waals surface area contributed by atoms with E-state index in [0.717, 1.165) is 5.56 Å². The minimum Gasteiger partial charge on any atom is -0.504 e. The molecule has 2 N–H and O–H groups in total. The van der Waals surface area contributed by atoms with Crippen molar-refractivity contribution in [3.63, 3.8) is 0 Å². The fourth-order valence-corrected chi connectivity index (χ4v) is 2.09. The summed E-state index contributed by atoms with van der Waals surface area (Å²) in [7, 11) is 0. The van der Waals surface area contributed by atoms with Crippen molar-refractivity contribution < 1.29 is 19.4 Å². The quantitative estimate of drug-likeness (QED) is 0.585. The summed E-state index contributed by atoms with van der Waals surface area (Å²) in [5.74, 6) is 0.446. The van der Waals surface area contributed by atoms with E-state index < -0.39 is 5.91 Å². The Morgan fingerprint density at radius 3 is 2.84 bits per heavy atom. The van der Waals surface area contributed by atoms with Crippen LogP contribution in [-0.2, 0) is 4.79 Å². The van der Waals surface area contributed by atoms with Crippen LogP contribution in [0.3, 0.4) is 0 Å². The van der Waals surface area contributed by atoms with Crippen molar-refractivity contribution in [2.24, 2.45) is 5.10 Å². The van der Waals surface area contributed by atoms with Gasteiger partial charge in [0.05, 0.1) is 12.8 Å². The Bertz CT molecular complexity index is 778. The third-order valence-corrected chi connectivity index (χ3v) is 3.65. The molecule has 2 aromatic carbocycles. The number of amides is 1. The van der Waals surface area contributed by atoms with Gasteiger partial charge >= 0.3 is 0 Å². The first-order chi connectivity index (χ1) is 12.0. The number of carbonyl (C=O) groups is 1.